The van der Waals surface area contributed by atoms with E-state index >= 15 is 0 Å². The van der Waals surface area contributed by atoms with E-state index in [4.69, 9.17) is 13.8 Å². The third kappa shape index (κ3) is 51.1. The molecule has 0 radical (unpaired) electrons. The molecule has 3 N–H and O–H groups in total. The maximum Gasteiger partial charge on any atom is 0.472 e. The molecule has 0 aromatic heterocycles. The number of phosphoric ester groups is 1. The van der Waals surface area contributed by atoms with Gasteiger partial charge in [-0.3, -0.25) is 18.6 Å². The summed E-state index contributed by atoms with van der Waals surface area (Å²) in [5.41, 5.74) is 0. The van der Waals surface area contributed by atoms with Crippen LogP contribution in [0.4, 0.5) is 0 Å². The molecule has 0 aromatic carbocycles. The molecule has 0 fully saturated rings. The van der Waals surface area contributed by atoms with Crippen molar-refractivity contribution in [2.24, 2.45) is 0 Å². The van der Waals surface area contributed by atoms with E-state index in [2.05, 4.69) is 55.6 Å². The van der Waals surface area contributed by atoms with Gasteiger partial charge in [-0.25, -0.2) is 4.57 Å². The first-order valence-electron chi connectivity index (χ1n) is 26.5. The van der Waals surface area contributed by atoms with E-state index in [1.165, 1.54) is 186 Å². The molecule has 0 aromatic rings. The Morgan fingerprint density at radius 2 is 0.857 bits per heavy atom. The van der Waals surface area contributed by atoms with Crippen LogP contribution in [0.2, 0.25) is 0 Å². The number of allylic oxidation sites excluding steroid dienone is 6. The van der Waals surface area contributed by atoms with Crippen molar-refractivity contribution >= 4 is 19.7 Å². The number of rotatable bonds is 50. The molecule has 2 unspecified atom stereocenters. The van der Waals surface area contributed by atoms with Crippen molar-refractivity contribution in [3.05, 3.63) is 36.5 Å². The van der Waals surface area contributed by atoms with Crippen LogP contribution < -0.4 is 5.32 Å². The summed E-state index contributed by atoms with van der Waals surface area (Å²) < 4.78 is 27.0. The second-order valence-corrected chi connectivity index (χ2v) is 19.3. The number of carbonyl (C=O) groups excluding carboxylic acids is 2. The Balaban J connectivity index is 3.53. The van der Waals surface area contributed by atoms with Crippen LogP contribution in [0.25, 0.3) is 0 Å². The first kappa shape index (κ1) is 61.2. The summed E-state index contributed by atoms with van der Waals surface area (Å²) in [4.78, 5) is 34.1. The number of hydrogen-bond acceptors (Lipinski definition) is 7. The zero-order chi connectivity index (χ0) is 46.0. The van der Waals surface area contributed by atoms with E-state index in [-0.39, 0.29) is 32.1 Å². The van der Waals surface area contributed by atoms with E-state index in [0.717, 1.165) is 44.9 Å². The van der Waals surface area contributed by atoms with Crippen LogP contribution in [0.5, 0.6) is 0 Å². The molecule has 2 atom stereocenters. The smallest absolute Gasteiger partial charge is 0.463 e. The molecule has 63 heavy (non-hydrogen) atoms. The zero-order valence-electron chi connectivity index (χ0n) is 41.0. The predicted molar refractivity (Wildman–Crippen MR) is 266 cm³/mol. The number of nitrogens with one attached hydrogen (secondary N) is 1. The van der Waals surface area contributed by atoms with Crippen LogP contribution in [0.3, 0.4) is 0 Å². The minimum atomic E-state index is -4.42. The average molecular weight is 910 g/mol. The maximum absolute atomic E-state index is 12.2. The number of carbonyl (C=O) groups is 2. The predicted octanol–water partition coefficient (Wildman–Crippen LogP) is 15.7. The van der Waals surface area contributed by atoms with Gasteiger partial charge in [0.05, 0.1) is 13.2 Å². The maximum atomic E-state index is 12.2. The Morgan fingerprint density at radius 1 is 0.492 bits per heavy atom. The molecule has 370 valence electrons. The van der Waals surface area contributed by atoms with Crippen molar-refractivity contribution in [2.75, 3.05) is 26.4 Å². The molecular formula is C53H100NO8P. The Labute approximate surface area is 388 Å². The summed E-state index contributed by atoms with van der Waals surface area (Å²) in [6.07, 6.45) is 58.0. The van der Waals surface area contributed by atoms with E-state index < -0.39 is 26.5 Å². The van der Waals surface area contributed by atoms with Gasteiger partial charge in [0.2, 0.25) is 5.91 Å². The highest BCUT2D eigenvalue weighted by atomic mass is 31.2. The minimum absolute atomic E-state index is 0.0824. The van der Waals surface area contributed by atoms with Crippen molar-refractivity contribution in [2.45, 2.75) is 264 Å². The third-order valence-corrected chi connectivity index (χ3v) is 12.5. The van der Waals surface area contributed by atoms with Gasteiger partial charge in [0, 0.05) is 19.4 Å². The fourth-order valence-electron chi connectivity index (χ4n) is 7.53. The second kappa shape index (κ2) is 49.7. The summed E-state index contributed by atoms with van der Waals surface area (Å²) in [6.45, 7) is 3.56. The Hall–Kier alpha value is -1.77. The first-order valence-corrected chi connectivity index (χ1v) is 28.0. The van der Waals surface area contributed by atoms with Gasteiger partial charge in [0.15, 0.2) is 0 Å². The topological polar surface area (TPSA) is 131 Å². The lowest BCUT2D eigenvalue weighted by Crippen LogP contribution is -2.27. The summed E-state index contributed by atoms with van der Waals surface area (Å²) in [5, 5.41) is 12.8. The van der Waals surface area contributed by atoms with Gasteiger partial charge in [0.25, 0.3) is 0 Å². The Kier molecular flexibility index (Phi) is 48.3. The number of amides is 1. The van der Waals surface area contributed by atoms with E-state index in [0.29, 0.717) is 6.42 Å². The number of aliphatic hydroxyl groups is 1. The minimum Gasteiger partial charge on any atom is -0.463 e. The zero-order valence-corrected chi connectivity index (χ0v) is 41.9. The molecule has 1 amide bonds. The largest absolute Gasteiger partial charge is 0.472 e. The number of phosphoric acid groups is 1. The molecule has 10 heteroatoms. The molecule has 0 heterocycles. The first-order chi connectivity index (χ1) is 30.8. The standard InChI is InChI=1S/C53H100NO8P/c1-3-5-7-9-11-13-15-17-19-21-23-24-25-26-28-29-31-33-35-37-39-41-43-45-52(56)54-47-48-61-63(58,59)62-50-51(55)49-60-53(57)46-44-42-40-38-36-34-32-30-27-22-20-18-16-14-12-10-8-6-4-2/h11,13,17-20,51,55H,3-10,12,14-16,21-50H2,1-2H3,(H,54,56)(H,58,59)/b13-11-,19-17-,20-18+. The Morgan fingerprint density at radius 3 is 1.32 bits per heavy atom. The van der Waals surface area contributed by atoms with Crippen LogP contribution >= 0.6 is 7.82 Å². The van der Waals surface area contributed by atoms with Gasteiger partial charge in [-0.15, -0.1) is 0 Å². The molecule has 0 aliphatic carbocycles. The lowest BCUT2D eigenvalue weighted by molar-refractivity contribution is -0.147. The van der Waals surface area contributed by atoms with Crippen LogP contribution in [0.1, 0.15) is 258 Å². The van der Waals surface area contributed by atoms with E-state index in [9.17, 15) is 24.2 Å². The summed E-state index contributed by atoms with van der Waals surface area (Å²) in [5.74, 6) is -0.511. The highest BCUT2D eigenvalue weighted by Gasteiger charge is 2.23. The molecule has 0 saturated heterocycles. The monoisotopic (exact) mass is 910 g/mol. The van der Waals surface area contributed by atoms with Gasteiger partial charge < -0.3 is 20.1 Å². The van der Waals surface area contributed by atoms with Gasteiger partial charge in [-0.05, 0) is 70.6 Å². The third-order valence-electron chi connectivity index (χ3n) is 11.5. The van der Waals surface area contributed by atoms with Crippen LogP contribution in [-0.4, -0.2) is 54.3 Å². The molecule has 0 aliphatic rings. The van der Waals surface area contributed by atoms with Crippen LogP contribution in [-0.2, 0) is 27.9 Å². The molecule has 0 saturated carbocycles. The fraction of sp³-hybridized carbons (Fsp3) is 0.849. The molecule has 9 nitrogen and oxygen atoms in total. The summed E-state index contributed by atoms with van der Waals surface area (Å²) in [7, 11) is -4.42. The number of aliphatic hydroxyl groups excluding tert-OH is 1. The summed E-state index contributed by atoms with van der Waals surface area (Å²) in [6, 6.07) is 0. The van der Waals surface area contributed by atoms with Crippen molar-refractivity contribution in [3.8, 4) is 0 Å². The number of unbranched alkanes of at least 4 members (excludes halogenated alkanes) is 31. The molecule has 0 spiro atoms. The quantitative estimate of drug-likeness (QED) is 0.0238. The van der Waals surface area contributed by atoms with Crippen molar-refractivity contribution in [1.82, 2.24) is 5.32 Å². The Bertz CT molecular complexity index is 1130. The molecule has 0 rings (SSSR count). The van der Waals surface area contributed by atoms with Crippen LogP contribution in [0, 0.1) is 0 Å². The van der Waals surface area contributed by atoms with Gasteiger partial charge in [-0.2, -0.15) is 0 Å². The normalized spacial score (nSPS) is 13.4. The molecule has 0 bridgehead atoms. The van der Waals surface area contributed by atoms with Gasteiger partial charge in [-0.1, -0.05) is 211 Å². The van der Waals surface area contributed by atoms with Crippen molar-refractivity contribution in [1.29, 1.82) is 0 Å². The van der Waals surface area contributed by atoms with E-state index in [1.54, 1.807) is 0 Å². The lowest BCUT2D eigenvalue weighted by atomic mass is 10.0. The molecule has 0 aliphatic heterocycles. The fourth-order valence-corrected chi connectivity index (χ4v) is 8.28. The van der Waals surface area contributed by atoms with Gasteiger partial charge in [0.1, 0.15) is 12.7 Å². The van der Waals surface area contributed by atoms with E-state index in [1.807, 2.05) is 0 Å². The van der Waals surface area contributed by atoms with Gasteiger partial charge >= 0.3 is 13.8 Å². The molecular weight excluding hydrogens is 810 g/mol. The highest BCUT2D eigenvalue weighted by Crippen LogP contribution is 2.42. The SMILES string of the molecule is CCCCC/C=C\C/C=C\CCCCCCCCCCCCCCCC(=O)NCCOP(=O)(O)OCC(O)COC(=O)CCCCCCCCCCC/C=C/CCCCCCCC. The average Bonchev–Trinajstić information content (AvgIpc) is 3.27. The second-order valence-electron chi connectivity index (χ2n) is 17.8. The van der Waals surface area contributed by atoms with Crippen LogP contribution in [0.15, 0.2) is 36.5 Å². The number of hydrogen-bond donors (Lipinski definition) is 3. The summed E-state index contributed by atoms with van der Waals surface area (Å²) >= 11 is 0. The number of esters is 1. The highest BCUT2D eigenvalue weighted by molar-refractivity contribution is 7.47. The lowest BCUT2D eigenvalue weighted by Gasteiger charge is -2.15. The number of ether oxygens (including phenoxy) is 1. The van der Waals surface area contributed by atoms with Crippen molar-refractivity contribution < 1.29 is 37.9 Å². The van der Waals surface area contributed by atoms with Crippen molar-refractivity contribution in [3.63, 3.8) is 0 Å².